The molecule has 4 aromatic rings. The summed E-state index contributed by atoms with van der Waals surface area (Å²) >= 11 is 0. The van der Waals surface area contributed by atoms with Gasteiger partial charge in [0.15, 0.2) is 12.3 Å². The molecule has 6 rings (SSSR count). The highest BCUT2D eigenvalue weighted by Crippen LogP contribution is 2.52. The van der Waals surface area contributed by atoms with Gasteiger partial charge < -0.3 is 31.4 Å². The Kier molecular flexibility index (Phi) is 12.1. The number of hydrogen-bond donors (Lipinski definition) is 2. The zero-order valence-electron chi connectivity index (χ0n) is 32.0. The molecule has 12 nitrogen and oxygen atoms in total. The fourth-order valence-electron chi connectivity index (χ4n) is 8.22. The first-order valence-corrected chi connectivity index (χ1v) is 20.9. The number of carbonyl (C=O) groups excluding carboxylic acids is 2. The van der Waals surface area contributed by atoms with Crippen LogP contribution >= 0.6 is 0 Å². The van der Waals surface area contributed by atoms with Gasteiger partial charge in [-0.05, 0) is 74.4 Å². The fourth-order valence-corrected chi connectivity index (χ4v) is 9.63. The number of fused-ring (bicyclic) bond motifs is 6. The molecular formula is C41H45BrN2O10S2. The second kappa shape index (κ2) is 15.9. The molecule has 0 unspecified atom stereocenters. The van der Waals surface area contributed by atoms with E-state index in [1.165, 1.54) is 12.1 Å². The van der Waals surface area contributed by atoms with Gasteiger partial charge in [0, 0.05) is 51.8 Å². The van der Waals surface area contributed by atoms with Crippen molar-refractivity contribution in [1.82, 2.24) is 0 Å². The smallest absolute Gasteiger partial charge is 0.312 e. The highest BCUT2D eigenvalue weighted by Gasteiger charge is 2.46. The van der Waals surface area contributed by atoms with Crippen LogP contribution < -0.4 is 21.9 Å². The number of benzene rings is 4. The molecule has 298 valence electrons. The topological polar surface area (TPSA) is 168 Å². The van der Waals surface area contributed by atoms with E-state index in [2.05, 4.69) is 0 Å². The monoisotopic (exact) mass is 868 g/mol. The molecule has 0 amide bonds. The third-order valence-electron chi connectivity index (χ3n) is 10.4. The Morgan fingerprint density at radius 1 is 0.732 bits per heavy atom. The normalized spacial score (nSPS) is 16.7. The second-order valence-electron chi connectivity index (χ2n) is 14.5. The number of hydrogen-bond acceptors (Lipinski definition) is 9. The first-order chi connectivity index (χ1) is 25.8. The van der Waals surface area contributed by atoms with E-state index in [1.54, 1.807) is 50.2 Å². The van der Waals surface area contributed by atoms with Crippen LogP contribution in [0.3, 0.4) is 0 Å². The number of ether oxygens (including phenoxy) is 2. The van der Waals surface area contributed by atoms with E-state index in [1.807, 2.05) is 67.5 Å². The van der Waals surface area contributed by atoms with E-state index in [9.17, 15) is 35.5 Å². The summed E-state index contributed by atoms with van der Waals surface area (Å²) in [5.74, 6) is -0.721. The first kappa shape index (κ1) is 42.7. The molecule has 2 aliphatic rings. The molecule has 0 atom stereocenters. The van der Waals surface area contributed by atoms with E-state index in [0.717, 1.165) is 33.9 Å². The molecule has 0 spiro atoms. The Morgan fingerprint density at radius 3 is 1.82 bits per heavy atom. The molecule has 2 N–H and O–H groups in total. The van der Waals surface area contributed by atoms with Gasteiger partial charge in [-0.1, -0.05) is 50.3 Å². The number of nitrogens with zero attached hydrogens (tertiary/aromatic N) is 2. The van der Waals surface area contributed by atoms with Gasteiger partial charge >= 0.3 is 11.9 Å². The molecule has 0 fully saturated rings. The average molecular weight is 870 g/mol. The van der Waals surface area contributed by atoms with Crippen LogP contribution in [0.1, 0.15) is 65.5 Å². The van der Waals surface area contributed by atoms with E-state index < -0.39 is 31.1 Å². The predicted molar refractivity (Wildman–Crippen MR) is 210 cm³/mol. The highest BCUT2D eigenvalue weighted by atomic mass is 79.9. The predicted octanol–water partition coefficient (Wildman–Crippen LogP) is 4.01. The second-order valence-corrected chi connectivity index (χ2v) is 17.3. The molecule has 0 aliphatic carbocycles. The number of rotatable bonds is 12. The standard InChI is InChI=1S/C41H44N2O10S2.BrH/c1-7-52-36(44)22-24-42-30-20-18-26-28(12-9-14-32(26)54(46,47)48)38(30)40(3,4)34(42)16-11-17-35-41(5,6)39-29-13-10-15-33(55(49,50)51)27(29)19-21-31(39)43(35)25-23-37(45)53-8-2;/h9-21H,7-8,22-25H2,1-6H3,(H-,46,47,48,49,50,51);1H. The third kappa shape index (κ3) is 7.67. The molecule has 0 saturated heterocycles. The molecule has 15 heteroatoms. The Labute approximate surface area is 337 Å². The van der Waals surface area contributed by atoms with Crippen LogP contribution in [-0.2, 0) is 50.1 Å². The Balaban J connectivity index is 0.00000600. The number of halogens is 1. The molecule has 2 heterocycles. The lowest BCUT2D eigenvalue weighted by Crippen LogP contribution is -3.00. The molecular weight excluding hydrogens is 824 g/mol. The van der Waals surface area contributed by atoms with Gasteiger partial charge in [0.2, 0.25) is 5.69 Å². The fraction of sp³-hybridized carbons (Fsp3) is 0.341. The maximum absolute atomic E-state index is 12.6. The average Bonchev–Trinajstić information content (AvgIpc) is 3.47. The van der Waals surface area contributed by atoms with E-state index in [-0.39, 0.29) is 77.9 Å². The van der Waals surface area contributed by atoms with Gasteiger partial charge in [-0.3, -0.25) is 18.7 Å². The number of allylic oxidation sites excluding steroid dienone is 4. The summed E-state index contributed by atoms with van der Waals surface area (Å²) in [6.45, 7) is 12.6. The lowest BCUT2D eigenvalue weighted by molar-refractivity contribution is -0.436. The van der Waals surface area contributed by atoms with Gasteiger partial charge in [0.05, 0.1) is 25.0 Å². The molecule has 0 bridgehead atoms. The van der Waals surface area contributed by atoms with Crippen molar-refractivity contribution in [3.8, 4) is 0 Å². The lowest BCUT2D eigenvalue weighted by atomic mass is 9.79. The van der Waals surface area contributed by atoms with Crippen LogP contribution in [0.15, 0.2) is 94.4 Å². The first-order valence-electron chi connectivity index (χ1n) is 18.0. The minimum atomic E-state index is -4.52. The molecule has 2 aliphatic heterocycles. The Morgan fingerprint density at radius 2 is 1.27 bits per heavy atom. The molecule has 0 radical (unpaired) electrons. The summed E-state index contributed by atoms with van der Waals surface area (Å²) in [4.78, 5) is 26.8. The van der Waals surface area contributed by atoms with Gasteiger partial charge in [-0.25, -0.2) is 0 Å². The third-order valence-corrected chi connectivity index (χ3v) is 12.3. The van der Waals surface area contributed by atoms with Gasteiger partial charge in [0.25, 0.3) is 20.2 Å². The largest absolute Gasteiger partial charge is 1.00 e. The summed E-state index contributed by atoms with van der Waals surface area (Å²) < 4.78 is 82.0. The van der Waals surface area contributed by atoms with Crippen molar-refractivity contribution in [2.24, 2.45) is 0 Å². The van der Waals surface area contributed by atoms with Crippen LogP contribution in [0.25, 0.3) is 21.5 Å². The van der Waals surface area contributed by atoms with Gasteiger partial charge in [-0.2, -0.15) is 21.4 Å². The van der Waals surface area contributed by atoms with Crippen molar-refractivity contribution < 1.29 is 66.6 Å². The quantitative estimate of drug-likeness (QED) is 0.120. The van der Waals surface area contributed by atoms with Crippen LogP contribution in [-0.4, -0.2) is 74.5 Å². The van der Waals surface area contributed by atoms with Crippen molar-refractivity contribution >= 4 is 70.8 Å². The number of esters is 2. The maximum atomic E-state index is 12.6. The van der Waals surface area contributed by atoms with Crippen molar-refractivity contribution in [3.05, 3.63) is 95.7 Å². The number of anilines is 1. The van der Waals surface area contributed by atoms with Gasteiger partial charge in [0.1, 0.15) is 16.2 Å². The summed E-state index contributed by atoms with van der Waals surface area (Å²) in [7, 11) is -9.04. The van der Waals surface area contributed by atoms with Crippen LogP contribution in [0.2, 0.25) is 0 Å². The molecule has 4 aromatic carbocycles. The summed E-state index contributed by atoms with van der Waals surface area (Å²) in [6, 6.07) is 16.5. The SMILES string of the molecule is CCOC(=O)CCN1/C(=C\C=C\C2=[N+](CCC(=O)OCC)c3ccc4c(S(=O)(=O)O)cccc4c3C2(C)C)C(C)(C)c2c1ccc1c(S(=O)(=O)O)cccc21.[Br-]. The van der Waals surface area contributed by atoms with Crippen molar-refractivity contribution in [1.29, 1.82) is 0 Å². The minimum absolute atomic E-state index is 0. The Hall–Kier alpha value is -4.41. The molecule has 0 aromatic heterocycles. The highest BCUT2D eigenvalue weighted by molar-refractivity contribution is 7.86. The van der Waals surface area contributed by atoms with E-state index in [4.69, 9.17) is 9.47 Å². The zero-order chi connectivity index (χ0) is 40.1. The van der Waals surface area contributed by atoms with Gasteiger partial charge in [-0.15, -0.1) is 0 Å². The summed E-state index contributed by atoms with van der Waals surface area (Å²) in [5.41, 5.74) is 3.45. The minimum Gasteiger partial charge on any atom is -1.00 e. The van der Waals surface area contributed by atoms with Crippen LogP contribution in [0.4, 0.5) is 11.4 Å². The zero-order valence-corrected chi connectivity index (χ0v) is 35.2. The maximum Gasteiger partial charge on any atom is 0.312 e. The summed E-state index contributed by atoms with van der Waals surface area (Å²) in [5, 5.41) is 2.05. The van der Waals surface area contributed by atoms with Crippen molar-refractivity contribution in [2.75, 3.05) is 31.2 Å². The van der Waals surface area contributed by atoms with Crippen LogP contribution in [0, 0.1) is 0 Å². The molecule has 0 saturated carbocycles. The van der Waals surface area contributed by atoms with Crippen molar-refractivity contribution in [2.45, 2.75) is 75.0 Å². The number of carbonyl (C=O) groups is 2. The van der Waals surface area contributed by atoms with Crippen molar-refractivity contribution in [3.63, 3.8) is 0 Å². The molecule has 56 heavy (non-hydrogen) atoms. The van der Waals surface area contributed by atoms with E-state index in [0.29, 0.717) is 21.5 Å². The van der Waals surface area contributed by atoms with E-state index >= 15 is 0 Å². The summed E-state index contributed by atoms with van der Waals surface area (Å²) in [6.07, 6.45) is 5.99. The Bertz CT molecular complexity index is 2580. The van der Waals surface area contributed by atoms with Crippen LogP contribution in [0.5, 0.6) is 0 Å². The lowest BCUT2D eigenvalue weighted by Gasteiger charge is -2.27.